The van der Waals surface area contributed by atoms with Crippen LogP contribution in [0.3, 0.4) is 0 Å². The van der Waals surface area contributed by atoms with Crippen molar-refractivity contribution in [3.8, 4) is 0 Å². The molecule has 0 saturated heterocycles. The van der Waals surface area contributed by atoms with Gasteiger partial charge in [0.05, 0.1) is 0 Å². The van der Waals surface area contributed by atoms with E-state index in [9.17, 15) is 9.59 Å². The van der Waals surface area contributed by atoms with E-state index in [1.54, 1.807) is 0 Å². The predicted molar refractivity (Wildman–Crippen MR) is 177 cm³/mol. The maximum absolute atomic E-state index is 11.9. The fraction of sp³-hybridized carbons (Fsp3) is 0.833. The summed E-state index contributed by atoms with van der Waals surface area (Å²) in [5.74, 6) is -0.419. The molecule has 0 amide bonds. The molecule has 0 bridgehead atoms. The first-order valence-electron chi connectivity index (χ1n) is 17.6. The Kier molecular flexibility index (Phi) is 34.7. The topological polar surface area (TPSA) is 52.6 Å². The van der Waals surface area contributed by atoms with Gasteiger partial charge in [0.15, 0.2) is 0 Å². The third kappa shape index (κ3) is 35.3. The molecule has 0 radical (unpaired) electrons. The van der Waals surface area contributed by atoms with Crippen LogP contribution in [0.2, 0.25) is 0 Å². The van der Waals surface area contributed by atoms with E-state index in [4.69, 9.17) is 6.20 Å². The van der Waals surface area contributed by atoms with Gasteiger partial charge in [0.1, 0.15) is 0 Å². The van der Waals surface area contributed by atoms with E-state index in [-0.39, 0.29) is 11.9 Å². The minimum atomic E-state index is -1.45. The zero-order valence-corrected chi connectivity index (χ0v) is 29.5. The zero-order chi connectivity index (χ0) is 29.9. The SMILES string of the molecule is CCCCCCCC/C=C\CCCCCCCC(=O)O[Te]OC(=O)CCCCCCC/C=C\CCCCCCCC. The van der Waals surface area contributed by atoms with Gasteiger partial charge in [-0.05, 0) is 12.8 Å². The Morgan fingerprint density at radius 3 is 1.00 bits per heavy atom. The van der Waals surface area contributed by atoms with Gasteiger partial charge in [-0.15, -0.1) is 0 Å². The molecule has 0 N–H and O–H groups in total. The Morgan fingerprint density at radius 2 is 0.683 bits per heavy atom. The van der Waals surface area contributed by atoms with Crippen molar-refractivity contribution >= 4 is 33.7 Å². The Labute approximate surface area is 266 Å². The molecule has 0 aromatic carbocycles. The molecule has 0 heterocycles. The van der Waals surface area contributed by atoms with E-state index < -0.39 is 21.7 Å². The van der Waals surface area contributed by atoms with Gasteiger partial charge in [-0.3, -0.25) is 0 Å². The van der Waals surface area contributed by atoms with Crippen LogP contribution in [0.4, 0.5) is 0 Å². The van der Waals surface area contributed by atoms with Gasteiger partial charge in [-0.2, -0.15) is 0 Å². The molecule has 0 rings (SSSR count). The molecule has 4 nitrogen and oxygen atoms in total. The van der Waals surface area contributed by atoms with Crippen molar-refractivity contribution in [3.05, 3.63) is 24.3 Å². The van der Waals surface area contributed by atoms with E-state index in [2.05, 4.69) is 38.2 Å². The minimum Gasteiger partial charge on any atom is -0.0654 e. The molecule has 0 aromatic rings. The smallest absolute Gasteiger partial charge is 0.0654 e. The first-order chi connectivity index (χ1) is 20.2. The number of allylic oxidation sites excluding steroid dienone is 4. The van der Waals surface area contributed by atoms with Crippen molar-refractivity contribution < 1.29 is 15.8 Å². The Bertz CT molecular complexity index is 565. The average molecular weight is 691 g/mol. The average Bonchev–Trinajstić information content (AvgIpc) is 2.97. The minimum absolute atomic E-state index is 0.209. The summed E-state index contributed by atoms with van der Waals surface area (Å²) in [5.41, 5.74) is 0. The molecular weight excluding hydrogens is 624 g/mol. The van der Waals surface area contributed by atoms with Crippen molar-refractivity contribution in [3.63, 3.8) is 0 Å². The van der Waals surface area contributed by atoms with E-state index in [1.807, 2.05) is 0 Å². The number of hydrogen-bond acceptors (Lipinski definition) is 4. The van der Waals surface area contributed by atoms with Crippen LogP contribution in [0.1, 0.15) is 194 Å². The van der Waals surface area contributed by atoms with E-state index in [1.165, 1.54) is 141 Å². The maximum atomic E-state index is 11.9. The van der Waals surface area contributed by atoms with Gasteiger partial charge < -0.3 is 0 Å². The third-order valence-electron chi connectivity index (χ3n) is 7.54. The fourth-order valence-corrected chi connectivity index (χ4v) is 5.86. The Hall–Kier alpha value is -0.790. The molecule has 0 fully saturated rings. The summed E-state index contributed by atoms with van der Waals surface area (Å²) in [6.07, 6.45) is 42.5. The van der Waals surface area contributed by atoms with Crippen LogP contribution in [-0.2, 0) is 15.8 Å². The van der Waals surface area contributed by atoms with Crippen molar-refractivity contribution in [2.45, 2.75) is 194 Å². The zero-order valence-electron chi connectivity index (χ0n) is 27.1. The summed E-state index contributed by atoms with van der Waals surface area (Å²) < 4.78 is 10.4. The monoisotopic (exact) mass is 692 g/mol. The van der Waals surface area contributed by atoms with Gasteiger partial charge in [0.25, 0.3) is 0 Å². The van der Waals surface area contributed by atoms with Gasteiger partial charge >= 0.3 is 177 Å². The number of carbonyl (C=O) groups excluding carboxylic acids is 2. The quantitative estimate of drug-likeness (QED) is 0.0401. The standard InChI is InChI=1S/C36H66O4Te/c1-3-5-7-9-11-13-15-17-19-21-23-25-27-29-31-33-35(37)39-41-40-36(38)34-32-30-28-26-24-22-20-18-16-14-12-10-8-6-4-2/h17-20H,3-16,21-34H2,1-2H3/b19-17-,20-18-. The molecular formula is C36H66O4Te. The van der Waals surface area contributed by atoms with Crippen molar-refractivity contribution in [1.82, 2.24) is 0 Å². The number of hydrogen-bond donors (Lipinski definition) is 0. The van der Waals surface area contributed by atoms with Crippen LogP contribution in [0.5, 0.6) is 0 Å². The molecule has 0 aromatic heterocycles. The van der Waals surface area contributed by atoms with Crippen LogP contribution in [0.25, 0.3) is 0 Å². The second-order valence-corrected chi connectivity index (χ2v) is 13.0. The van der Waals surface area contributed by atoms with Gasteiger partial charge in [0, 0.05) is 0 Å². The summed E-state index contributed by atoms with van der Waals surface area (Å²) >= 11 is -1.45. The van der Waals surface area contributed by atoms with Crippen LogP contribution in [0, 0.1) is 0 Å². The summed E-state index contributed by atoms with van der Waals surface area (Å²) in [6.45, 7) is 4.53. The number of carbonyl (C=O) groups is 2. The van der Waals surface area contributed by atoms with E-state index >= 15 is 0 Å². The molecule has 0 saturated carbocycles. The van der Waals surface area contributed by atoms with Crippen LogP contribution < -0.4 is 0 Å². The molecule has 0 spiro atoms. The van der Waals surface area contributed by atoms with Crippen molar-refractivity contribution in [1.29, 1.82) is 0 Å². The van der Waals surface area contributed by atoms with Crippen LogP contribution >= 0.6 is 0 Å². The molecule has 41 heavy (non-hydrogen) atoms. The molecule has 0 aliphatic carbocycles. The van der Waals surface area contributed by atoms with Gasteiger partial charge in [0.2, 0.25) is 0 Å². The molecule has 5 heteroatoms. The normalized spacial score (nSPS) is 11.6. The second-order valence-electron chi connectivity index (χ2n) is 11.6. The molecule has 240 valence electrons. The molecule has 0 atom stereocenters. The third-order valence-corrected chi connectivity index (χ3v) is 8.99. The van der Waals surface area contributed by atoms with E-state index in [0.717, 1.165) is 25.7 Å². The predicted octanol–water partition coefficient (Wildman–Crippen LogP) is 11.7. The van der Waals surface area contributed by atoms with Gasteiger partial charge in [-0.1, -0.05) is 78.1 Å². The summed E-state index contributed by atoms with van der Waals surface area (Å²) in [4.78, 5) is 23.7. The Balaban J connectivity index is 3.35. The second kappa shape index (κ2) is 35.4. The van der Waals surface area contributed by atoms with E-state index in [0.29, 0.717) is 12.8 Å². The summed E-state index contributed by atoms with van der Waals surface area (Å²) in [6, 6.07) is 0. The number of rotatable bonds is 32. The first kappa shape index (κ1) is 40.2. The Morgan fingerprint density at radius 1 is 0.415 bits per heavy atom. The molecule has 0 aliphatic heterocycles. The number of unbranched alkanes of at least 4 members (excludes halogenated alkanes) is 22. The molecule has 0 unspecified atom stereocenters. The molecule has 0 aliphatic rings. The van der Waals surface area contributed by atoms with Gasteiger partial charge in [-0.25, -0.2) is 0 Å². The van der Waals surface area contributed by atoms with Crippen LogP contribution in [-0.4, -0.2) is 33.7 Å². The fourth-order valence-electron chi connectivity index (χ4n) is 4.86. The summed E-state index contributed by atoms with van der Waals surface area (Å²) in [7, 11) is 0. The van der Waals surface area contributed by atoms with Crippen LogP contribution in [0.15, 0.2) is 24.3 Å². The first-order valence-corrected chi connectivity index (χ1v) is 19.5. The van der Waals surface area contributed by atoms with Crippen molar-refractivity contribution in [2.75, 3.05) is 0 Å². The van der Waals surface area contributed by atoms with Crippen molar-refractivity contribution in [2.24, 2.45) is 0 Å². The summed E-state index contributed by atoms with van der Waals surface area (Å²) in [5, 5.41) is 0.